The van der Waals surface area contributed by atoms with Crippen molar-refractivity contribution in [3.63, 3.8) is 0 Å². The molecule has 1 fully saturated rings. The maximum Gasteiger partial charge on any atom is 0.185 e. The van der Waals surface area contributed by atoms with Gasteiger partial charge in [0.25, 0.3) is 0 Å². The van der Waals surface area contributed by atoms with E-state index in [1.807, 2.05) is 18.7 Å². The standard InChI is InChI=1S/C15H25N5S/c1-11-6-4-8-20(10-11)9-5-7-16-15-17-14-13(21-15)12(2)18-19(14)3/h11H,4-10H2,1-3H3,(H,16,17). The molecule has 5 nitrogen and oxygen atoms in total. The number of piperidine rings is 1. The van der Waals surface area contributed by atoms with Crippen molar-refractivity contribution in [2.75, 3.05) is 31.5 Å². The van der Waals surface area contributed by atoms with E-state index in [1.165, 1.54) is 43.6 Å². The zero-order valence-electron chi connectivity index (χ0n) is 13.2. The molecule has 6 heteroatoms. The van der Waals surface area contributed by atoms with Crippen molar-refractivity contribution >= 4 is 26.8 Å². The molecule has 1 N–H and O–H groups in total. The van der Waals surface area contributed by atoms with Gasteiger partial charge in [0, 0.05) is 20.1 Å². The van der Waals surface area contributed by atoms with Crippen LogP contribution in [0.2, 0.25) is 0 Å². The fourth-order valence-corrected chi connectivity index (χ4v) is 4.11. The molecule has 1 atom stereocenters. The topological polar surface area (TPSA) is 46.0 Å². The average molecular weight is 307 g/mol. The van der Waals surface area contributed by atoms with Gasteiger partial charge < -0.3 is 10.2 Å². The van der Waals surface area contributed by atoms with Gasteiger partial charge in [-0.3, -0.25) is 0 Å². The van der Waals surface area contributed by atoms with Crippen LogP contribution in [0, 0.1) is 12.8 Å². The summed E-state index contributed by atoms with van der Waals surface area (Å²) in [6.07, 6.45) is 3.94. The highest BCUT2D eigenvalue weighted by molar-refractivity contribution is 7.22. The Hall–Kier alpha value is -1.14. The Morgan fingerprint density at radius 1 is 1.43 bits per heavy atom. The summed E-state index contributed by atoms with van der Waals surface area (Å²) in [7, 11) is 1.95. The van der Waals surface area contributed by atoms with Gasteiger partial charge >= 0.3 is 0 Å². The number of nitrogens with zero attached hydrogens (tertiary/aromatic N) is 4. The first-order valence-electron chi connectivity index (χ1n) is 7.90. The van der Waals surface area contributed by atoms with E-state index in [0.29, 0.717) is 0 Å². The van der Waals surface area contributed by atoms with E-state index in [2.05, 4.69) is 27.2 Å². The number of thiazole rings is 1. The third-order valence-electron chi connectivity index (χ3n) is 4.21. The Morgan fingerprint density at radius 3 is 3.05 bits per heavy atom. The van der Waals surface area contributed by atoms with E-state index in [9.17, 15) is 0 Å². The molecule has 1 unspecified atom stereocenters. The molecule has 0 radical (unpaired) electrons. The van der Waals surface area contributed by atoms with Gasteiger partial charge in [0.15, 0.2) is 10.8 Å². The lowest BCUT2D eigenvalue weighted by atomic mass is 10.0. The molecule has 21 heavy (non-hydrogen) atoms. The summed E-state index contributed by atoms with van der Waals surface area (Å²) in [4.78, 5) is 7.22. The Morgan fingerprint density at radius 2 is 2.29 bits per heavy atom. The summed E-state index contributed by atoms with van der Waals surface area (Å²) >= 11 is 1.71. The van der Waals surface area contributed by atoms with Crippen molar-refractivity contribution in [1.29, 1.82) is 0 Å². The lowest BCUT2D eigenvalue weighted by Gasteiger charge is -2.30. The number of likely N-dealkylation sites (tertiary alicyclic amines) is 1. The van der Waals surface area contributed by atoms with Crippen molar-refractivity contribution in [2.24, 2.45) is 13.0 Å². The SMILES string of the molecule is Cc1nn(C)c2nc(NCCCN3CCCC(C)C3)sc12. The number of aryl methyl sites for hydroxylation is 2. The van der Waals surface area contributed by atoms with Gasteiger partial charge in [-0.15, -0.1) is 0 Å². The Labute approximate surface area is 130 Å². The maximum absolute atomic E-state index is 4.62. The molecule has 2 aromatic rings. The van der Waals surface area contributed by atoms with Gasteiger partial charge in [-0.25, -0.2) is 9.67 Å². The molecule has 1 aliphatic rings. The van der Waals surface area contributed by atoms with Gasteiger partial charge in [-0.2, -0.15) is 5.10 Å². The van der Waals surface area contributed by atoms with Gasteiger partial charge in [-0.05, 0) is 45.2 Å². The Balaban J connectivity index is 1.47. The molecule has 0 bridgehead atoms. The molecule has 1 saturated heterocycles. The molecular formula is C15H25N5S. The summed E-state index contributed by atoms with van der Waals surface area (Å²) in [5, 5.41) is 8.87. The third kappa shape index (κ3) is 3.37. The predicted molar refractivity (Wildman–Crippen MR) is 89.1 cm³/mol. The molecule has 3 rings (SSSR count). The summed E-state index contributed by atoms with van der Waals surface area (Å²) in [5.41, 5.74) is 2.06. The van der Waals surface area contributed by atoms with Crippen molar-refractivity contribution in [2.45, 2.75) is 33.1 Å². The van der Waals surface area contributed by atoms with Crippen molar-refractivity contribution in [1.82, 2.24) is 19.7 Å². The summed E-state index contributed by atoms with van der Waals surface area (Å²) < 4.78 is 3.06. The van der Waals surface area contributed by atoms with Gasteiger partial charge in [0.1, 0.15) is 0 Å². The number of hydrogen-bond acceptors (Lipinski definition) is 5. The third-order valence-corrected chi connectivity index (χ3v) is 5.32. The van der Waals surface area contributed by atoms with Gasteiger partial charge in [-0.1, -0.05) is 18.3 Å². The molecule has 3 heterocycles. The summed E-state index contributed by atoms with van der Waals surface area (Å²) in [5.74, 6) is 0.867. The lowest BCUT2D eigenvalue weighted by molar-refractivity contribution is 0.183. The van der Waals surface area contributed by atoms with E-state index in [0.717, 1.165) is 28.9 Å². The minimum atomic E-state index is 0.867. The Bertz CT molecular complexity index is 568. The lowest BCUT2D eigenvalue weighted by Crippen LogP contribution is -2.35. The second-order valence-electron chi connectivity index (χ2n) is 6.21. The zero-order chi connectivity index (χ0) is 14.8. The summed E-state index contributed by atoms with van der Waals surface area (Å²) in [6.45, 7) is 9.14. The van der Waals surface area contributed by atoms with Crippen LogP contribution in [0.1, 0.15) is 31.9 Å². The van der Waals surface area contributed by atoms with Crippen LogP contribution in [0.25, 0.3) is 10.3 Å². The van der Waals surface area contributed by atoms with Crippen LogP contribution in [-0.4, -0.2) is 45.8 Å². The molecule has 0 aliphatic carbocycles. The zero-order valence-corrected chi connectivity index (χ0v) is 14.0. The molecular weight excluding hydrogens is 282 g/mol. The van der Waals surface area contributed by atoms with E-state index < -0.39 is 0 Å². The normalized spacial score (nSPS) is 20.2. The minimum Gasteiger partial charge on any atom is -0.361 e. The van der Waals surface area contributed by atoms with Crippen LogP contribution >= 0.6 is 11.3 Å². The van der Waals surface area contributed by atoms with E-state index in [1.54, 1.807) is 11.3 Å². The van der Waals surface area contributed by atoms with Crippen LogP contribution < -0.4 is 5.32 Å². The number of aromatic nitrogens is 3. The molecule has 0 amide bonds. The van der Waals surface area contributed by atoms with Crippen LogP contribution in [-0.2, 0) is 7.05 Å². The number of anilines is 1. The number of fused-ring (bicyclic) bond motifs is 1. The van der Waals surface area contributed by atoms with Crippen LogP contribution in [0.4, 0.5) is 5.13 Å². The second kappa shape index (κ2) is 6.32. The number of nitrogens with one attached hydrogen (secondary N) is 1. The largest absolute Gasteiger partial charge is 0.361 e. The fourth-order valence-electron chi connectivity index (χ4n) is 3.15. The molecule has 116 valence electrons. The van der Waals surface area contributed by atoms with Crippen LogP contribution in [0.5, 0.6) is 0 Å². The maximum atomic E-state index is 4.62. The number of rotatable bonds is 5. The first kappa shape index (κ1) is 14.8. The smallest absolute Gasteiger partial charge is 0.185 e. The van der Waals surface area contributed by atoms with E-state index in [4.69, 9.17) is 0 Å². The highest BCUT2D eigenvalue weighted by Crippen LogP contribution is 2.27. The van der Waals surface area contributed by atoms with E-state index in [-0.39, 0.29) is 0 Å². The predicted octanol–water partition coefficient (Wildman–Crippen LogP) is 2.87. The highest BCUT2D eigenvalue weighted by atomic mass is 32.1. The molecule has 0 aromatic carbocycles. The average Bonchev–Trinajstić information content (AvgIpc) is 2.97. The first-order chi connectivity index (χ1) is 10.1. The number of hydrogen-bond donors (Lipinski definition) is 1. The van der Waals surface area contributed by atoms with Crippen molar-refractivity contribution in [3.8, 4) is 0 Å². The second-order valence-corrected chi connectivity index (χ2v) is 7.21. The molecule has 0 saturated carbocycles. The monoisotopic (exact) mass is 307 g/mol. The minimum absolute atomic E-state index is 0.867. The van der Waals surface area contributed by atoms with Crippen molar-refractivity contribution < 1.29 is 0 Å². The van der Waals surface area contributed by atoms with Gasteiger partial charge in [0.05, 0.1) is 10.4 Å². The quantitative estimate of drug-likeness (QED) is 0.863. The summed E-state index contributed by atoms with van der Waals surface area (Å²) in [6, 6.07) is 0. The van der Waals surface area contributed by atoms with E-state index >= 15 is 0 Å². The first-order valence-corrected chi connectivity index (χ1v) is 8.71. The van der Waals surface area contributed by atoms with Gasteiger partial charge in [0.2, 0.25) is 0 Å². The fraction of sp³-hybridized carbons (Fsp3) is 0.733. The molecule has 0 spiro atoms. The molecule has 2 aromatic heterocycles. The highest BCUT2D eigenvalue weighted by Gasteiger charge is 2.15. The van der Waals surface area contributed by atoms with Crippen LogP contribution in [0.15, 0.2) is 0 Å². The molecule has 1 aliphatic heterocycles. The van der Waals surface area contributed by atoms with Crippen LogP contribution in [0.3, 0.4) is 0 Å². The van der Waals surface area contributed by atoms with Crippen molar-refractivity contribution in [3.05, 3.63) is 5.69 Å². The Kier molecular flexibility index (Phi) is 4.45.